The summed E-state index contributed by atoms with van der Waals surface area (Å²) in [7, 11) is 2.15. The van der Waals surface area contributed by atoms with Gasteiger partial charge in [-0.2, -0.15) is 0 Å². The van der Waals surface area contributed by atoms with Gasteiger partial charge >= 0.3 is 5.97 Å². The minimum Gasteiger partial charge on any atom is -0.465 e. The Hall–Kier alpha value is -0.650. The lowest BCUT2D eigenvalue weighted by Crippen LogP contribution is -2.62. The lowest BCUT2D eigenvalue weighted by atomic mass is 9.99. The number of carbonyl (C=O) groups is 1. The highest BCUT2D eigenvalue weighted by Crippen LogP contribution is 2.15. The predicted octanol–water partition coefficient (Wildman–Crippen LogP) is 0.944. The van der Waals surface area contributed by atoms with E-state index in [2.05, 4.69) is 36.0 Å². The summed E-state index contributed by atoms with van der Waals surface area (Å²) < 4.78 is 5.26. The molecule has 2 unspecified atom stereocenters. The average Bonchev–Trinajstić information content (AvgIpc) is 2.40. The zero-order chi connectivity index (χ0) is 15.2. The number of nitrogens with zero attached hydrogens (tertiary/aromatic N) is 2. The second-order valence-electron chi connectivity index (χ2n) is 6.06. The van der Waals surface area contributed by atoms with E-state index in [1.54, 1.807) is 0 Å². The van der Waals surface area contributed by atoms with E-state index >= 15 is 0 Å². The first-order valence-corrected chi connectivity index (χ1v) is 7.77. The first-order valence-electron chi connectivity index (χ1n) is 7.77. The van der Waals surface area contributed by atoms with Crippen LogP contribution in [0, 0.1) is 0 Å². The molecule has 1 aliphatic rings. The highest BCUT2D eigenvalue weighted by molar-refractivity contribution is 5.80. The van der Waals surface area contributed by atoms with Crippen LogP contribution in [0.15, 0.2) is 0 Å². The highest BCUT2D eigenvalue weighted by atomic mass is 16.5. The Bertz CT molecular complexity index is 311. The highest BCUT2D eigenvalue weighted by Gasteiger charge is 2.38. The topological polar surface area (TPSA) is 44.8 Å². The maximum Gasteiger partial charge on any atom is 0.327 e. The van der Waals surface area contributed by atoms with Crippen LogP contribution < -0.4 is 5.32 Å². The quantitative estimate of drug-likeness (QED) is 0.706. The van der Waals surface area contributed by atoms with E-state index in [1.807, 2.05) is 13.8 Å². The van der Waals surface area contributed by atoms with Crippen molar-refractivity contribution in [2.75, 3.05) is 46.4 Å². The van der Waals surface area contributed by atoms with E-state index in [-0.39, 0.29) is 5.97 Å². The van der Waals surface area contributed by atoms with Crippen molar-refractivity contribution >= 4 is 5.97 Å². The number of nitrogens with one attached hydrogen (secondary N) is 1. The third-order valence-electron chi connectivity index (χ3n) is 3.98. The molecule has 20 heavy (non-hydrogen) atoms. The first kappa shape index (κ1) is 17.4. The molecule has 0 aromatic heterocycles. The molecule has 1 heterocycles. The summed E-state index contributed by atoms with van der Waals surface area (Å²) in [5.74, 6) is -0.139. The minimum absolute atomic E-state index is 0.139. The molecule has 1 aliphatic heterocycles. The van der Waals surface area contributed by atoms with Crippen molar-refractivity contribution in [3.63, 3.8) is 0 Å². The van der Waals surface area contributed by atoms with Crippen molar-refractivity contribution in [2.24, 2.45) is 0 Å². The minimum atomic E-state index is -0.615. The van der Waals surface area contributed by atoms with Crippen LogP contribution in [0.3, 0.4) is 0 Å². The van der Waals surface area contributed by atoms with Gasteiger partial charge in [0.2, 0.25) is 0 Å². The molecule has 0 amide bonds. The standard InChI is InChI=1S/C15H31N3O2/c1-6-8-16-15(4,14(19)20-7-2)12-18-10-9-17(5)11-13(18)3/h13,16H,6-12H2,1-5H3. The van der Waals surface area contributed by atoms with Crippen LogP contribution in [0.5, 0.6) is 0 Å². The Labute approximate surface area is 123 Å². The average molecular weight is 285 g/mol. The Morgan fingerprint density at radius 3 is 2.65 bits per heavy atom. The SMILES string of the molecule is CCCNC(C)(CN1CCN(C)CC1C)C(=O)OCC. The number of ether oxygens (including phenoxy) is 1. The van der Waals surface area contributed by atoms with Gasteiger partial charge < -0.3 is 15.0 Å². The second-order valence-corrected chi connectivity index (χ2v) is 6.06. The molecular weight excluding hydrogens is 254 g/mol. The Morgan fingerprint density at radius 2 is 2.10 bits per heavy atom. The zero-order valence-electron chi connectivity index (χ0n) is 13.7. The van der Waals surface area contributed by atoms with E-state index in [4.69, 9.17) is 4.74 Å². The summed E-state index contributed by atoms with van der Waals surface area (Å²) in [4.78, 5) is 17.0. The maximum absolute atomic E-state index is 12.3. The molecule has 1 fully saturated rings. The Morgan fingerprint density at radius 1 is 1.40 bits per heavy atom. The lowest BCUT2D eigenvalue weighted by Gasteiger charge is -2.42. The summed E-state index contributed by atoms with van der Waals surface area (Å²) in [6.45, 7) is 13.2. The first-order chi connectivity index (χ1) is 9.42. The van der Waals surface area contributed by atoms with Gasteiger partial charge in [-0.15, -0.1) is 0 Å². The molecule has 0 saturated carbocycles. The third kappa shape index (κ3) is 4.72. The Balaban J connectivity index is 2.70. The van der Waals surface area contributed by atoms with Gasteiger partial charge in [0.25, 0.3) is 0 Å². The van der Waals surface area contributed by atoms with E-state index in [9.17, 15) is 4.79 Å². The molecular formula is C15H31N3O2. The fourth-order valence-corrected chi connectivity index (χ4v) is 2.70. The van der Waals surface area contributed by atoms with Gasteiger partial charge in [-0.05, 0) is 40.8 Å². The van der Waals surface area contributed by atoms with Crippen LogP contribution in [-0.4, -0.2) is 73.7 Å². The Kier molecular flexibility index (Phi) is 6.92. The van der Waals surface area contributed by atoms with Gasteiger partial charge in [-0.3, -0.25) is 9.69 Å². The van der Waals surface area contributed by atoms with Crippen LogP contribution in [-0.2, 0) is 9.53 Å². The van der Waals surface area contributed by atoms with Gasteiger partial charge in [-0.1, -0.05) is 6.92 Å². The molecule has 0 aromatic carbocycles. The molecule has 2 atom stereocenters. The van der Waals surface area contributed by atoms with Crippen LogP contribution in [0.25, 0.3) is 0 Å². The van der Waals surface area contributed by atoms with Crippen molar-refractivity contribution in [3.05, 3.63) is 0 Å². The summed E-state index contributed by atoms with van der Waals surface area (Å²) in [5, 5.41) is 3.38. The van der Waals surface area contributed by atoms with Crippen LogP contribution in [0.1, 0.15) is 34.1 Å². The van der Waals surface area contributed by atoms with Gasteiger partial charge in [0.15, 0.2) is 0 Å². The smallest absolute Gasteiger partial charge is 0.327 e. The molecule has 5 heteroatoms. The van der Waals surface area contributed by atoms with Gasteiger partial charge in [-0.25, -0.2) is 0 Å². The number of esters is 1. The molecule has 0 aromatic rings. The fourth-order valence-electron chi connectivity index (χ4n) is 2.70. The number of hydrogen-bond acceptors (Lipinski definition) is 5. The molecule has 1 N–H and O–H groups in total. The van der Waals surface area contributed by atoms with Crippen molar-refractivity contribution in [3.8, 4) is 0 Å². The van der Waals surface area contributed by atoms with E-state index < -0.39 is 5.54 Å². The number of hydrogen-bond donors (Lipinski definition) is 1. The van der Waals surface area contributed by atoms with Gasteiger partial charge in [0.1, 0.15) is 5.54 Å². The van der Waals surface area contributed by atoms with Crippen LogP contribution in [0.4, 0.5) is 0 Å². The summed E-state index contributed by atoms with van der Waals surface area (Å²) in [5.41, 5.74) is -0.615. The van der Waals surface area contributed by atoms with E-state index in [1.165, 1.54) is 0 Å². The van der Waals surface area contributed by atoms with E-state index in [0.29, 0.717) is 19.2 Å². The van der Waals surface area contributed by atoms with Crippen molar-refractivity contribution in [1.82, 2.24) is 15.1 Å². The molecule has 5 nitrogen and oxygen atoms in total. The van der Waals surface area contributed by atoms with Gasteiger partial charge in [0, 0.05) is 32.2 Å². The largest absolute Gasteiger partial charge is 0.465 e. The number of rotatable bonds is 7. The predicted molar refractivity (Wildman–Crippen MR) is 81.9 cm³/mol. The zero-order valence-corrected chi connectivity index (χ0v) is 13.7. The number of piperazine rings is 1. The van der Waals surface area contributed by atoms with Crippen molar-refractivity contribution < 1.29 is 9.53 Å². The molecule has 118 valence electrons. The monoisotopic (exact) mass is 285 g/mol. The molecule has 0 radical (unpaired) electrons. The van der Waals surface area contributed by atoms with Gasteiger partial charge in [0.05, 0.1) is 6.61 Å². The second kappa shape index (κ2) is 7.96. The molecule has 0 bridgehead atoms. The van der Waals surface area contributed by atoms with Crippen molar-refractivity contribution in [2.45, 2.75) is 45.7 Å². The normalized spacial score (nSPS) is 24.4. The molecule has 1 saturated heterocycles. The number of carbonyl (C=O) groups excluding carboxylic acids is 1. The van der Waals surface area contributed by atoms with Crippen molar-refractivity contribution in [1.29, 1.82) is 0 Å². The molecule has 1 rings (SSSR count). The summed E-state index contributed by atoms with van der Waals surface area (Å²) in [6, 6.07) is 0.464. The summed E-state index contributed by atoms with van der Waals surface area (Å²) >= 11 is 0. The number of likely N-dealkylation sites (N-methyl/N-ethyl adjacent to an activating group) is 1. The van der Waals surface area contributed by atoms with Crippen LogP contribution >= 0.6 is 0 Å². The maximum atomic E-state index is 12.3. The summed E-state index contributed by atoms with van der Waals surface area (Å²) in [6.07, 6.45) is 1.01. The molecule has 0 spiro atoms. The lowest BCUT2D eigenvalue weighted by molar-refractivity contribution is -0.151. The van der Waals surface area contributed by atoms with Crippen LogP contribution in [0.2, 0.25) is 0 Å². The van der Waals surface area contributed by atoms with E-state index in [0.717, 1.165) is 32.6 Å². The fraction of sp³-hybridized carbons (Fsp3) is 0.933. The third-order valence-corrected chi connectivity index (χ3v) is 3.98. The molecule has 0 aliphatic carbocycles.